The van der Waals surface area contributed by atoms with E-state index in [0.29, 0.717) is 12.5 Å². The molecule has 1 atom stereocenters. The molecule has 1 unspecified atom stereocenters. The SMILES string of the molecule is CC(C)CC(CN)C(=O)CCS(=O)(=O)C(C)C. The first kappa shape index (κ1) is 16.6. The van der Waals surface area contributed by atoms with E-state index in [-0.39, 0.29) is 23.9 Å². The molecule has 0 saturated carbocycles. The lowest BCUT2D eigenvalue weighted by atomic mass is 9.92. The summed E-state index contributed by atoms with van der Waals surface area (Å²) < 4.78 is 23.2. The Bertz CT molecular complexity index is 334. The van der Waals surface area contributed by atoms with Crippen molar-refractivity contribution in [2.75, 3.05) is 12.3 Å². The zero-order chi connectivity index (χ0) is 13.6. The van der Waals surface area contributed by atoms with Crippen molar-refractivity contribution in [1.29, 1.82) is 0 Å². The molecule has 0 aromatic heterocycles. The van der Waals surface area contributed by atoms with E-state index < -0.39 is 15.1 Å². The van der Waals surface area contributed by atoms with Gasteiger partial charge in [-0.15, -0.1) is 0 Å². The van der Waals surface area contributed by atoms with E-state index in [0.717, 1.165) is 6.42 Å². The predicted molar refractivity (Wildman–Crippen MR) is 70.5 cm³/mol. The summed E-state index contributed by atoms with van der Waals surface area (Å²) in [5.41, 5.74) is 5.55. The average molecular weight is 263 g/mol. The first-order valence-corrected chi connectivity index (χ1v) is 7.86. The largest absolute Gasteiger partial charge is 0.330 e. The smallest absolute Gasteiger partial charge is 0.153 e. The van der Waals surface area contributed by atoms with E-state index in [4.69, 9.17) is 5.73 Å². The zero-order valence-corrected chi connectivity index (χ0v) is 12.1. The van der Waals surface area contributed by atoms with Crippen LogP contribution in [-0.4, -0.2) is 31.7 Å². The Kier molecular flexibility index (Phi) is 6.94. The van der Waals surface area contributed by atoms with Gasteiger partial charge in [0.05, 0.1) is 11.0 Å². The van der Waals surface area contributed by atoms with Gasteiger partial charge < -0.3 is 5.73 Å². The Hall–Kier alpha value is -0.420. The summed E-state index contributed by atoms with van der Waals surface area (Å²) in [7, 11) is -3.13. The molecule has 0 bridgehead atoms. The third-order valence-corrected chi connectivity index (χ3v) is 5.06. The summed E-state index contributed by atoms with van der Waals surface area (Å²) in [5, 5.41) is -0.420. The molecule has 0 spiro atoms. The average Bonchev–Trinajstić information content (AvgIpc) is 2.22. The fourth-order valence-corrected chi connectivity index (χ4v) is 2.57. The molecule has 2 N–H and O–H groups in total. The van der Waals surface area contributed by atoms with Crippen LogP contribution in [0, 0.1) is 11.8 Å². The van der Waals surface area contributed by atoms with E-state index in [9.17, 15) is 13.2 Å². The van der Waals surface area contributed by atoms with Crippen LogP contribution in [0.15, 0.2) is 0 Å². The second-order valence-corrected chi connectivity index (χ2v) is 7.87. The van der Waals surface area contributed by atoms with Crippen molar-refractivity contribution in [3.63, 3.8) is 0 Å². The lowest BCUT2D eigenvalue weighted by molar-refractivity contribution is -0.122. The number of hydrogen-bond donors (Lipinski definition) is 1. The number of Topliss-reactive ketones (excluding diaryl/α,β-unsaturated/α-hetero) is 1. The Labute approximate surface area is 105 Å². The second-order valence-electron chi connectivity index (χ2n) is 5.19. The normalized spacial score (nSPS) is 14.3. The second kappa shape index (κ2) is 7.11. The lowest BCUT2D eigenvalue weighted by Crippen LogP contribution is -2.28. The maximum Gasteiger partial charge on any atom is 0.153 e. The summed E-state index contributed by atoms with van der Waals surface area (Å²) in [6.45, 7) is 7.63. The van der Waals surface area contributed by atoms with Crippen LogP contribution in [0.3, 0.4) is 0 Å². The van der Waals surface area contributed by atoms with Crippen LogP contribution in [0.25, 0.3) is 0 Å². The molecule has 0 aliphatic carbocycles. The molecule has 4 nitrogen and oxygen atoms in total. The summed E-state index contributed by atoms with van der Waals surface area (Å²) in [4.78, 5) is 11.8. The van der Waals surface area contributed by atoms with Crippen LogP contribution in [0.1, 0.15) is 40.5 Å². The zero-order valence-electron chi connectivity index (χ0n) is 11.3. The minimum Gasteiger partial charge on any atom is -0.330 e. The van der Waals surface area contributed by atoms with Crippen molar-refractivity contribution in [2.45, 2.75) is 45.8 Å². The number of carbonyl (C=O) groups is 1. The highest BCUT2D eigenvalue weighted by atomic mass is 32.2. The number of ketones is 1. The van der Waals surface area contributed by atoms with E-state index in [2.05, 4.69) is 0 Å². The molecular formula is C12H25NO3S. The Morgan fingerprint density at radius 2 is 1.71 bits per heavy atom. The highest BCUT2D eigenvalue weighted by Crippen LogP contribution is 2.14. The number of rotatable bonds is 8. The van der Waals surface area contributed by atoms with E-state index in [1.165, 1.54) is 0 Å². The highest BCUT2D eigenvalue weighted by molar-refractivity contribution is 7.91. The molecule has 0 radical (unpaired) electrons. The van der Waals surface area contributed by atoms with Crippen molar-refractivity contribution in [3.8, 4) is 0 Å². The minimum absolute atomic E-state index is 0.0228. The first-order valence-electron chi connectivity index (χ1n) is 6.15. The van der Waals surface area contributed by atoms with Gasteiger partial charge >= 0.3 is 0 Å². The fourth-order valence-electron chi connectivity index (χ4n) is 1.61. The van der Waals surface area contributed by atoms with Gasteiger partial charge in [0.1, 0.15) is 5.78 Å². The molecule has 0 rings (SSSR count). The first-order chi connectivity index (χ1) is 7.70. The topological polar surface area (TPSA) is 77.2 Å². The van der Waals surface area contributed by atoms with Gasteiger partial charge in [0.25, 0.3) is 0 Å². The Morgan fingerprint density at radius 1 is 1.18 bits per heavy atom. The molecule has 0 amide bonds. The van der Waals surface area contributed by atoms with Crippen molar-refractivity contribution in [1.82, 2.24) is 0 Å². The van der Waals surface area contributed by atoms with Gasteiger partial charge in [0.15, 0.2) is 9.84 Å². The molecule has 0 aromatic carbocycles. The van der Waals surface area contributed by atoms with E-state index in [1.54, 1.807) is 13.8 Å². The van der Waals surface area contributed by atoms with Crippen molar-refractivity contribution >= 4 is 15.6 Å². The maximum absolute atomic E-state index is 11.8. The highest BCUT2D eigenvalue weighted by Gasteiger charge is 2.22. The van der Waals surface area contributed by atoms with E-state index >= 15 is 0 Å². The standard InChI is InChI=1S/C12H25NO3S/c1-9(2)7-11(8-13)12(14)5-6-17(15,16)10(3)4/h9-11H,5-8,13H2,1-4H3. The molecule has 0 aromatic rings. The van der Waals surface area contributed by atoms with Gasteiger partial charge in [-0.05, 0) is 26.2 Å². The number of nitrogens with two attached hydrogens (primary N) is 1. The molecule has 0 heterocycles. The van der Waals surface area contributed by atoms with Crippen molar-refractivity contribution in [2.24, 2.45) is 17.6 Å². The third-order valence-electron chi connectivity index (χ3n) is 2.85. The van der Waals surface area contributed by atoms with Crippen LogP contribution >= 0.6 is 0 Å². The number of carbonyl (C=O) groups excluding carboxylic acids is 1. The molecular weight excluding hydrogens is 238 g/mol. The van der Waals surface area contributed by atoms with Crippen LogP contribution in [0.2, 0.25) is 0 Å². The van der Waals surface area contributed by atoms with Crippen molar-refractivity contribution in [3.05, 3.63) is 0 Å². The minimum atomic E-state index is -3.13. The Morgan fingerprint density at radius 3 is 2.06 bits per heavy atom. The summed E-state index contributed by atoms with van der Waals surface area (Å²) in [6.07, 6.45) is 0.826. The van der Waals surface area contributed by atoms with Gasteiger partial charge in [-0.3, -0.25) is 4.79 Å². The van der Waals surface area contributed by atoms with Crippen LogP contribution < -0.4 is 5.73 Å². The molecule has 0 saturated heterocycles. The van der Waals surface area contributed by atoms with Crippen molar-refractivity contribution < 1.29 is 13.2 Å². The van der Waals surface area contributed by atoms with E-state index in [1.807, 2.05) is 13.8 Å². The van der Waals surface area contributed by atoms with Gasteiger partial charge in [-0.2, -0.15) is 0 Å². The van der Waals surface area contributed by atoms with Gasteiger partial charge in [0, 0.05) is 18.9 Å². The van der Waals surface area contributed by atoms with Crippen LogP contribution in [0.4, 0.5) is 0 Å². The molecule has 0 fully saturated rings. The molecule has 0 aliphatic heterocycles. The van der Waals surface area contributed by atoms with Gasteiger partial charge in [0.2, 0.25) is 0 Å². The Balaban J connectivity index is 4.34. The summed E-state index contributed by atoms with van der Waals surface area (Å²) >= 11 is 0. The summed E-state index contributed by atoms with van der Waals surface area (Å²) in [5.74, 6) is 0.120. The molecule has 5 heteroatoms. The number of sulfone groups is 1. The quantitative estimate of drug-likeness (QED) is 0.718. The van der Waals surface area contributed by atoms with Crippen LogP contribution in [-0.2, 0) is 14.6 Å². The monoisotopic (exact) mass is 263 g/mol. The van der Waals surface area contributed by atoms with Crippen LogP contribution in [0.5, 0.6) is 0 Å². The lowest BCUT2D eigenvalue weighted by Gasteiger charge is -2.16. The number of hydrogen-bond acceptors (Lipinski definition) is 4. The fraction of sp³-hybridized carbons (Fsp3) is 0.917. The maximum atomic E-state index is 11.8. The van der Waals surface area contributed by atoms with Gasteiger partial charge in [-0.1, -0.05) is 13.8 Å². The third kappa shape index (κ3) is 6.17. The molecule has 0 aliphatic rings. The molecule has 102 valence electrons. The molecule has 17 heavy (non-hydrogen) atoms. The summed E-state index contributed by atoms with van der Waals surface area (Å²) in [6, 6.07) is 0. The predicted octanol–water partition coefficient (Wildman–Crippen LogP) is 1.39. The van der Waals surface area contributed by atoms with Gasteiger partial charge in [-0.25, -0.2) is 8.42 Å².